The van der Waals surface area contributed by atoms with E-state index in [4.69, 9.17) is 0 Å². The van der Waals surface area contributed by atoms with Crippen molar-refractivity contribution in [1.29, 1.82) is 0 Å². The molecule has 0 heterocycles. The Balaban J connectivity index is 2.26. The monoisotopic (exact) mass is 152 g/mol. The predicted octanol–water partition coefficient (Wildman–Crippen LogP) is 3.78. The molecule has 0 aliphatic heterocycles. The van der Waals surface area contributed by atoms with Gasteiger partial charge in [0.15, 0.2) is 0 Å². The molecule has 0 spiro atoms. The molecule has 64 valence electrons. The van der Waals surface area contributed by atoms with Crippen LogP contribution in [0.25, 0.3) is 0 Å². The molecular formula is C11H20. The molecule has 1 aliphatic carbocycles. The van der Waals surface area contributed by atoms with Gasteiger partial charge in [0, 0.05) is 0 Å². The zero-order valence-corrected chi connectivity index (χ0v) is 7.90. The summed E-state index contributed by atoms with van der Waals surface area (Å²) in [6, 6.07) is 0. The largest absolute Gasteiger partial charge is 0.0999 e. The Morgan fingerprint density at radius 1 is 1.55 bits per heavy atom. The fraction of sp³-hybridized carbons (Fsp3) is 0.818. The molecule has 0 bridgehead atoms. The maximum Gasteiger partial charge on any atom is -0.0180 e. The average Bonchev–Trinajstić information content (AvgIpc) is 2.71. The highest BCUT2D eigenvalue weighted by Gasteiger charge is 2.30. The van der Waals surface area contributed by atoms with E-state index in [0.29, 0.717) is 0 Å². The second-order valence-electron chi connectivity index (χ2n) is 3.93. The smallest absolute Gasteiger partial charge is 0.0180 e. The number of allylic oxidation sites excluding steroid dienone is 1. The first-order valence-corrected chi connectivity index (χ1v) is 4.91. The lowest BCUT2D eigenvalue weighted by molar-refractivity contribution is 0.476. The van der Waals surface area contributed by atoms with Crippen molar-refractivity contribution in [1.82, 2.24) is 0 Å². The minimum Gasteiger partial charge on any atom is -0.0999 e. The van der Waals surface area contributed by atoms with Crippen LogP contribution in [0.2, 0.25) is 0 Å². The highest BCUT2D eigenvalue weighted by Crippen LogP contribution is 2.42. The summed E-state index contributed by atoms with van der Waals surface area (Å²) in [6.45, 7) is 8.53. The second kappa shape index (κ2) is 3.94. The molecule has 0 aromatic rings. The van der Waals surface area contributed by atoms with Gasteiger partial charge in [0.2, 0.25) is 0 Å². The number of hydrogen-bond acceptors (Lipinski definition) is 0. The van der Waals surface area contributed by atoms with Gasteiger partial charge < -0.3 is 0 Å². The fourth-order valence-electron chi connectivity index (χ4n) is 1.81. The van der Waals surface area contributed by atoms with Crippen molar-refractivity contribution in [2.75, 3.05) is 0 Å². The van der Waals surface area contributed by atoms with Crippen molar-refractivity contribution >= 4 is 0 Å². The second-order valence-corrected chi connectivity index (χ2v) is 3.93. The topological polar surface area (TPSA) is 0 Å². The van der Waals surface area contributed by atoms with E-state index in [0.717, 1.165) is 11.8 Å². The van der Waals surface area contributed by atoms with Crippen molar-refractivity contribution in [2.24, 2.45) is 11.8 Å². The Bertz CT molecular complexity index is 131. The molecule has 0 N–H and O–H groups in total. The van der Waals surface area contributed by atoms with E-state index in [9.17, 15) is 0 Å². The van der Waals surface area contributed by atoms with Crippen LogP contribution in [0.3, 0.4) is 0 Å². The van der Waals surface area contributed by atoms with Crippen LogP contribution in [-0.4, -0.2) is 0 Å². The zero-order valence-electron chi connectivity index (χ0n) is 7.90. The standard InChI is InChI=1S/C11H20/c1-4-5-6-11(9(2)3)10-7-8-10/h10-11H,2,4-8H2,1,3H3. The van der Waals surface area contributed by atoms with Crippen LogP contribution < -0.4 is 0 Å². The first-order chi connectivity index (χ1) is 5.25. The average molecular weight is 152 g/mol. The van der Waals surface area contributed by atoms with Crippen molar-refractivity contribution in [3.05, 3.63) is 12.2 Å². The van der Waals surface area contributed by atoms with Crippen LogP contribution in [0.4, 0.5) is 0 Å². The third kappa shape index (κ3) is 2.69. The van der Waals surface area contributed by atoms with Gasteiger partial charge in [0.25, 0.3) is 0 Å². The molecule has 0 amide bonds. The summed E-state index contributed by atoms with van der Waals surface area (Å²) in [5.74, 6) is 1.87. The lowest BCUT2D eigenvalue weighted by atomic mass is 9.91. The number of rotatable bonds is 5. The molecule has 1 aliphatic rings. The van der Waals surface area contributed by atoms with Gasteiger partial charge in [-0.3, -0.25) is 0 Å². The Kier molecular flexibility index (Phi) is 3.16. The maximum absolute atomic E-state index is 4.07. The molecule has 1 unspecified atom stereocenters. The van der Waals surface area contributed by atoms with Crippen LogP contribution >= 0.6 is 0 Å². The summed E-state index contributed by atoms with van der Waals surface area (Å²) in [5, 5.41) is 0. The van der Waals surface area contributed by atoms with Crippen LogP contribution in [0.5, 0.6) is 0 Å². The lowest BCUT2D eigenvalue weighted by Gasteiger charge is -2.14. The number of unbranched alkanes of at least 4 members (excludes halogenated alkanes) is 1. The normalized spacial score (nSPS) is 19.8. The minimum absolute atomic E-state index is 0.856. The Hall–Kier alpha value is -0.260. The summed E-state index contributed by atoms with van der Waals surface area (Å²) in [6.07, 6.45) is 7.02. The van der Waals surface area contributed by atoms with Gasteiger partial charge in [-0.1, -0.05) is 31.9 Å². The van der Waals surface area contributed by atoms with E-state index in [1.807, 2.05) is 0 Å². The van der Waals surface area contributed by atoms with Gasteiger partial charge in [-0.15, -0.1) is 0 Å². The van der Waals surface area contributed by atoms with Gasteiger partial charge in [0.05, 0.1) is 0 Å². The minimum atomic E-state index is 0.856. The molecule has 0 saturated heterocycles. The highest BCUT2D eigenvalue weighted by atomic mass is 14.4. The molecule has 11 heavy (non-hydrogen) atoms. The molecule has 1 fully saturated rings. The molecule has 0 aromatic carbocycles. The van der Waals surface area contributed by atoms with Gasteiger partial charge in [-0.05, 0) is 38.0 Å². The molecule has 0 aromatic heterocycles. The van der Waals surface area contributed by atoms with Crippen molar-refractivity contribution in [2.45, 2.75) is 46.0 Å². The van der Waals surface area contributed by atoms with Crippen molar-refractivity contribution in [3.63, 3.8) is 0 Å². The van der Waals surface area contributed by atoms with E-state index in [-0.39, 0.29) is 0 Å². The van der Waals surface area contributed by atoms with Crippen LogP contribution in [-0.2, 0) is 0 Å². The molecule has 0 nitrogen and oxygen atoms in total. The van der Waals surface area contributed by atoms with Crippen LogP contribution in [0, 0.1) is 11.8 Å². The summed E-state index contributed by atoms with van der Waals surface area (Å²) < 4.78 is 0. The summed E-state index contributed by atoms with van der Waals surface area (Å²) in [5.41, 5.74) is 1.42. The van der Waals surface area contributed by atoms with Gasteiger partial charge in [-0.25, -0.2) is 0 Å². The van der Waals surface area contributed by atoms with Crippen LogP contribution in [0.1, 0.15) is 46.0 Å². The lowest BCUT2D eigenvalue weighted by Crippen LogP contribution is -2.03. The number of hydrogen-bond donors (Lipinski definition) is 0. The Morgan fingerprint density at radius 2 is 2.18 bits per heavy atom. The predicted molar refractivity (Wildman–Crippen MR) is 50.6 cm³/mol. The molecule has 1 atom stereocenters. The third-order valence-electron chi connectivity index (χ3n) is 2.69. The molecule has 0 heteroatoms. The van der Waals surface area contributed by atoms with Crippen LogP contribution in [0.15, 0.2) is 12.2 Å². The first-order valence-electron chi connectivity index (χ1n) is 4.91. The summed E-state index contributed by atoms with van der Waals surface area (Å²) >= 11 is 0. The summed E-state index contributed by atoms with van der Waals surface area (Å²) in [7, 11) is 0. The fourth-order valence-corrected chi connectivity index (χ4v) is 1.81. The molecule has 0 radical (unpaired) electrons. The summed E-state index contributed by atoms with van der Waals surface area (Å²) in [4.78, 5) is 0. The Morgan fingerprint density at radius 3 is 2.55 bits per heavy atom. The van der Waals surface area contributed by atoms with E-state index in [1.165, 1.54) is 37.7 Å². The molecular weight excluding hydrogens is 132 g/mol. The van der Waals surface area contributed by atoms with Gasteiger partial charge in [-0.2, -0.15) is 0 Å². The Labute approximate surface area is 70.7 Å². The SMILES string of the molecule is C=C(C)C(CCCC)C1CC1. The highest BCUT2D eigenvalue weighted by molar-refractivity contribution is 5.02. The van der Waals surface area contributed by atoms with Gasteiger partial charge >= 0.3 is 0 Å². The zero-order chi connectivity index (χ0) is 8.27. The van der Waals surface area contributed by atoms with E-state index in [2.05, 4.69) is 20.4 Å². The third-order valence-corrected chi connectivity index (χ3v) is 2.69. The van der Waals surface area contributed by atoms with E-state index < -0.39 is 0 Å². The van der Waals surface area contributed by atoms with E-state index >= 15 is 0 Å². The van der Waals surface area contributed by atoms with E-state index in [1.54, 1.807) is 0 Å². The van der Waals surface area contributed by atoms with Gasteiger partial charge in [0.1, 0.15) is 0 Å². The molecule has 1 rings (SSSR count). The quantitative estimate of drug-likeness (QED) is 0.526. The maximum atomic E-state index is 4.07. The van der Waals surface area contributed by atoms with Crippen molar-refractivity contribution < 1.29 is 0 Å². The molecule has 1 saturated carbocycles. The first kappa shape index (κ1) is 8.83. The van der Waals surface area contributed by atoms with Crippen molar-refractivity contribution in [3.8, 4) is 0 Å².